The van der Waals surface area contributed by atoms with Gasteiger partial charge >= 0.3 is 0 Å². The van der Waals surface area contributed by atoms with Crippen LogP contribution < -0.4 is 10.6 Å². The standard InChI is InChI=1S/C18H22FN5O/c1-2-17-21-8-7-15(22-17)11-24-10-9-20-16(12-24)18(25)23-14-5-3-13(19)4-6-14/h3-8,16,20H,2,9-12H2,1H3,(H,23,25). The minimum atomic E-state index is -0.323. The fourth-order valence-electron chi connectivity index (χ4n) is 2.82. The topological polar surface area (TPSA) is 70.2 Å². The number of carbonyl (C=O) groups is 1. The van der Waals surface area contributed by atoms with Crippen LogP contribution in [0, 0.1) is 5.82 Å². The van der Waals surface area contributed by atoms with Gasteiger partial charge in [0, 0.05) is 44.5 Å². The van der Waals surface area contributed by atoms with Gasteiger partial charge in [0.05, 0.1) is 11.7 Å². The van der Waals surface area contributed by atoms with Crippen molar-refractivity contribution >= 4 is 11.6 Å². The maximum Gasteiger partial charge on any atom is 0.242 e. The van der Waals surface area contributed by atoms with Crippen molar-refractivity contribution in [3.63, 3.8) is 0 Å². The van der Waals surface area contributed by atoms with Gasteiger partial charge in [-0.05, 0) is 30.3 Å². The van der Waals surface area contributed by atoms with Crippen molar-refractivity contribution in [2.24, 2.45) is 0 Å². The van der Waals surface area contributed by atoms with Gasteiger partial charge < -0.3 is 10.6 Å². The summed E-state index contributed by atoms with van der Waals surface area (Å²) < 4.78 is 12.9. The lowest BCUT2D eigenvalue weighted by Crippen LogP contribution is -2.55. The fourth-order valence-corrected chi connectivity index (χ4v) is 2.82. The third-order valence-electron chi connectivity index (χ3n) is 4.15. The van der Waals surface area contributed by atoms with Crippen molar-refractivity contribution < 1.29 is 9.18 Å². The van der Waals surface area contributed by atoms with E-state index >= 15 is 0 Å². The Morgan fingerprint density at radius 2 is 2.16 bits per heavy atom. The molecule has 6 nitrogen and oxygen atoms in total. The zero-order valence-electron chi connectivity index (χ0n) is 14.2. The number of hydrogen-bond donors (Lipinski definition) is 2. The summed E-state index contributed by atoms with van der Waals surface area (Å²) in [5.74, 6) is 0.391. The van der Waals surface area contributed by atoms with Crippen LogP contribution in [0.3, 0.4) is 0 Å². The highest BCUT2D eigenvalue weighted by molar-refractivity contribution is 5.95. The van der Waals surface area contributed by atoms with E-state index in [9.17, 15) is 9.18 Å². The van der Waals surface area contributed by atoms with Gasteiger partial charge in [0.2, 0.25) is 5.91 Å². The number of piperazine rings is 1. The number of nitrogens with one attached hydrogen (secondary N) is 2. The van der Waals surface area contributed by atoms with E-state index in [4.69, 9.17) is 0 Å². The molecule has 1 atom stereocenters. The normalized spacial score (nSPS) is 18.1. The summed E-state index contributed by atoms with van der Waals surface area (Å²) in [5, 5.41) is 6.05. The predicted molar refractivity (Wildman–Crippen MR) is 93.5 cm³/mol. The fraction of sp³-hybridized carbons (Fsp3) is 0.389. The van der Waals surface area contributed by atoms with Crippen LogP contribution in [0.4, 0.5) is 10.1 Å². The Labute approximate surface area is 146 Å². The largest absolute Gasteiger partial charge is 0.325 e. The Bertz CT molecular complexity index is 722. The highest BCUT2D eigenvalue weighted by Gasteiger charge is 2.25. The van der Waals surface area contributed by atoms with Gasteiger partial charge in [-0.1, -0.05) is 6.92 Å². The molecule has 1 amide bonds. The zero-order chi connectivity index (χ0) is 17.6. The first kappa shape index (κ1) is 17.4. The first-order chi connectivity index (χ1) is 12.1. The van der Waals surface area contributed by atoms with Gasteiger partial charge in [-0.25, -0.2) is 14.4 Å². The van der Waals surface area contributed by atoms with E-state index in [0.717, 1.165) is 31.0 Å². The number of carbonyl (C=O) groups excluding carboxylic acids is 1. The zero-order valence-corrected chi connectivity index (χ0v) is 14.2. The summed E-state index contributed by atoms with van der Waals surface area (Å²) >= 11 is 0. The molecule has 2 aromatic rings. The van der Waals surface area contributed by atoms with Crippen molar-refractivity contribution in [2.75, 3.05) is 25.0 Å². The lowest BCUT2D eigenvalue weighted by atomic mass is 10.1. The molecule has 0 aliphatic carbocycles. The maximum atomic E-state index is 12.9. The van der Waals surface area contributed by atoms with E-state index in [1.165, 1.54) is 12.1 Å². The second kappa shape index (κ2) is 8.13. The average molecular weight is 343 g/mol. The second-order valence-corrected chi connectivity index (χ2v) is 6.06. The summed E-state index contributed by atoms with van der Waals surface area (Å²) in [4.78, 5) is 23.4. The molecule has 1 aromatic heterocycles. The van der Waals surface area contributed by atoms with Crippen molar-refractivity contribution in [3.05, 3.63) is 53.9 Å². The van der Waals surface area contributed by atoms with Crippen LogP contribution in [-0.4, -0.2) is 46.5 Å². The van der Waals surface area contributed by atoms with E-state index in [0.29, 0.717) is 18.8 Å². The van der Waals surface area contributed by atoms with E-state index in [-0.39, 0.29) is 17.8 Å². The molecule has 1 aliphatic heterocycles. The molecule has 2 heterocycles. The number of amides is 1. The molecule has 0 saturated carbocycles. The van der Waals surface area contributed by atoms with Crippen LogP contribution in [0.25, 0.3) is 0 Å². The first-order valence-corrected chi connectivity index (χ1v) is 8.47. The highest BCUT2D eigenvalue weighted by atomic mass is 19.1. The Hall–Kier alpha value is -2.38. The van der Waals surface area contributed by atoms with Crippen molar-refractivity contribution in [3.8, 4) is 0 Å². The Balaban J connectivity index is 1.58. The SMILES string of the molecule is CCc1nccc(CN2CCNC(C(=O)Nc3ccc(F)cc3)C2)n1. The Kier molecular flexibility index (Phi) is 5.67. The first-order valence-electron chi connectivity index (χ1n) is 8.47. The number of aromatic nitrogens is 2. The van der Waals surface area contributed by atoms with Gasteiger partial charge in [0.25, 0.3) is 0 Å². The van der Waals surface area contributed by atoms with E-state index < -0.39 is 0 Å². The van der Waals surface area contributed by atoms with Gasteiger partial charge in [-0.3, -0.25) is 9.69 Å². The van der Waals surface area contributed by atoms with Crippen LogP contribution in [0.15, 0.2) is 36.5 Å². The molecule has 1 unspecified atom stereocenters. The average Bonchev–Trinajstić information content (AvgIpc) is 2.64. The van der Waals surface area contributed by atoms with Gasteiger partial charge in [0.1, 0.15) is 11.6 Å². The molecule has 1 aliphatic rings. The number of halogens is 1. The maximum absolute atomic E-state index is 12.9. The minimum absolute atomic E-state index is 0.117. The summed E-state index contributed by atoms with van der Waals surface area (Å²) in [6.07, 6.45) is 2.58. The van der Waals surface area contributed by atoms with E-state index in [1.54, 1.807) is 18.3 Å². The van der Waals surface area contributed by atoms with Gasteiger partial charge in [0.15, 0.2) is 0 Å². The molecule has 0 radical (unpaired) electrons. The van der Waals surface area contributed by atoms with E-state index in [1.807, 2.05) is 13.0 Å². The molecule has 0 spiro atoms. The molecular formula is C18H22FN5O. The molecular weight excluding hydrogens is 321 g/mol. The van der Waals surface area contributed by atoms with Gasteiger partial charge in [-0.15, -0.1) is 0 Å². The molecule has 3 rings (SSSR count). The number of rotatable bonds is 5. The summed E-state index contributed by atoms with van der Waals surface area (Å²) in [6, 6.07) is 7.37. The summed E-state index contributed by atoms with van der Waals surface area (Å²) in [6.45, 7) is 4.90. The van der Waals surface area contributed by atoms with Crippen LogP contribution in [0.1, 0.15) is 18.4 Å². The lowest BCUT2D eigenvalue weighted by molar-refractivity contribution is -0.119. The molecule has 1 fully saturated rings. The van der Waals surface area contributed by atoms with Crippen molar-refractivity contribution in [2.45, 2.75) is 25.9 Å². The third kappa shape index (κ3) is 4.80. The summed E-state index contributed by atoms with van der Waals surface area (Å²) in [5.41, 5.74) is 1.56. The number of hydrogen-bond acceptors (Lipinski definition) is 5. The Morgan fingerprint density at radius 3 is 2.92 bits per heavy atom. The van der Waals surface area contributed by atoms with Crippen LogP contribution >= 0.6 is 0 Å². The van der Waals surface area contributed by atoms with E-state index in [2.05, 4.69) is 25.5 Å². The Morgan fingerprint density at radius 1 is 1.36 bits per heavy atom. The molecule has 2 N–H and O–H groups in total. The van der Waals surface area contributed by atoms with Crippen molar-refractivity contribution in [1.29, 1.82) is 0 Å². The predicted octanol–water partition coefficient (Wildman–Crippen LogP) is 1.59. The molecule has 7 heteroatoms. The smallest absolute Gasteiger partial charge is 0.242 e. The number of aryl methyl sites for hydroxylation is 1. The molecule has 0 bridgehead atoms. The number of benzene rings is 1. The van der Waals surface area contributed by atoms with Crippen molar-refractivity contribution in [1.82, 2.24) is 20.2 Å². The highest BCUT2D eigenvalue weighted by Crippen LogP contribution is 2.11. The van der Waals surface area contributed by atoms with Crippen LogP contribution in [0.2, 0.25) is 0 Å². The summed E-state index contributed by atoms with van der Waals surface area (Å²) in [7, 11) is 0. The van der Waals surface area contributed by atoms with Crippen LogP contribution in [-0.2, 0) is 17.8 Å². The monoisotopic (exact) mass is 343 g/mol. The molecule has 132 valence electrons. The molecule has 1 aromatic carbocycles. The number of nitrogens with zero attached hydrogens (tertiary/aromatic N) is 3. The van der Waals surface area contributed by atoms with Crippen LogP contribution in [0.5, 0.6) is 0 Å². The lowest BCUT2D eigenvalue weighted by Gasteiger charge is -2.32. The second-order valence-electron chi connectivity index (χ2n) is 6.06. The number of anilines is 1. The quantitative estimate of drug-likeness (QED) is 0.863. The van der Waals surface area contributed by atoms with Gasteiger partial charge in [-0.2, -0.15) is 0 Å². The molecule has 1 saturated heterocycles. The molecule has 25 heavy (non-hydrogen) atoms. The minimum Gasteiger partial charge on any atom is -0.325 e. The third-order valence-corrected chi connectivity index (χ3v) is 4.15.